The lowest BCUT2D eigenvalue weighted by Crippen LogP contribution is -2.56. The molecule has 1 aromatic heterocycles. The first-order valence-electron chi connectivity index (χ1n) is 13.9. The number of aromatic nitrogens is 2. The van der Waals surface area contributed by atoms with Gasteiger partial charge in [-0.05, 0) is 42.9 Å². The smallest absolute Gasteiger partial charge is 0.323 e. The van der Waals surface area contributed by atoms with Gasteiger partial charge in [0, 0.05) is 48.7 Å². The van der Waals surface area contributed by atoms with E-state index >= 15 is 0 Å². The SMILES string of the molecule is CC1C2CCc3c(nn(S(=O)(=O)N(C)C)c3-c3ccc(NS(C)(=O)=O)cc3)C2(c2ccccc2)CCC12OCCO2. The minimum atomic E-state index is -3.99. The van der Waals surface area contributed by atoms with E-state index < -0.39 is 31.4 Å². The molecule has 0 radical (unpaired) electrons. The highest BCUT2D eigenvalue weighted by Crippen LogP contribution is 2.60. The van der Waals surface area contributed by atoms with Gasteiger partial charge in [0.05, 0.1) is 30.9 Å². The van der Waals surface area contributed by atoms with Crippen LogP contribution < -0.4 is 4.72 Å². The number of hydrogen-bond donors (Lipinski definition) is 1. The van der Waals surface area contributed by atoms with Crippen LogP contribution in [0.25, 0.3) is 11.3 Å². The highest BCUT2D eigenvalue weighted by atomic mass is 32.2. The summed E-state index contributed by atoms with van der Waals surface area (Å²) < 4.78 is 68.3. The normalized spacial score (nSPS) is 25.7. The number of hydrogen-bond acceptors (Lipinski definition) is 7. The van der Waals surface area contributed by atoms with Gasteiger partial charge in [-0.2, -0.15) is 17.8 Å². The van der Waals surface area contributed by atoms with E-state index in [9.17, 15) is 16.8 Å². The number of anilines is 1. The third-order valence-corrected chi connectivity index (χ3v) is 11.3. The van der Waals surface area contributed by atoms with Crippen LogP contribution in [0, 0.1) is 11.8 Å². The number of rotatable bonds is 6. The maximum atomic E-state index is 13.8. The number of nitrogens with zero attached hydrogens (tertiary/aromatic N) is 3. The molecule has 2 fully saturated rings. The van der Waals surface area contributed by atoms with Crippen molar-refractivity contribution in [2.24, 2.45) is 11.8 Å². The van der Waals surface area contributed by atoms with Crippen LogP contribution in [-0.4, -0.2) is 69.7 Å². The standard InChI is InChI=1S/C29H36N4O6S2/c1-20-25-15-14-24-26(21-10-12-23(13-11-21)31-40(4,34)35)33(41(36,37)32(2)3)30-27(24)28(25,22-8-6-5-7-9-22)16-17-29(20)38-18-19-39-29/h5-13,20,25,31H,14-19H2,1-4H3. The molecule has 220 valence electrons. The van der Waals surface area contributed by atoms with E-state index in [2.05, 4.69) is 23.8 Å². The quantitative estimate of drug-likeness (QED) is 0.459. The van der Waals surface area contributed by atoms with Crippen molar-refractivity contribution in [1.29, 1.82) is 0 Å². The van der Waals surface area contributed by atoms with Crippen LogP contribution >= 0.6 is 0 Å². The van der Waals surface area contributed by atoms with Crippen LogP contribution in [0.2, 0.25) is 0 Å². The summed E-state index contributed by atoms with van der Waals surface area (Å²) in [5.41, 5.74) is 3.80. The van der Waals surface area contributed by atoms with Crippen molar-refractivity contribution in [3.63, 3.8) is 0 Å². The maximum Gasteiger partial charge on any atom is 0.323 e. The number of sulfonamides is 1. The second-order valence-corrected chi connectivity index (χ2v) is 15.3. The monoisotopic (exact) mass is 600 g/mol. The van der Waals surface area contributed by atoms with E-state index in [1.807, 2.05) is 18.2 Å². The lowest BCUT2D eigenvalue weighted by Gasteiger charge is -2.55. The summed E-state index contributed by atoms with van der Waals surface area (Å²) in [6.07, 6.45) is 3.91. The molecular weight excluding hydrogens is 564 g/mol. The van der Waals surface area contributed by atoms with Crippen molar-refractivity contribution in [3.8, 4) is 11.3 Å². The molecule has 3 unspecified atom stereocenters. The van der Waals surface area contributed by atoms with Crippen LogP contribution in [0.15, 0.2) is 54.6 Å². The first kappa shape index (κ1) is 28.4. The molecule has 41 heavy (non-hydrogen) atoms. The van der Waals surface area contributed by atoms with Gasteiger partial charge >= 0.3 is 10.2 Å². The third kappa shape index (κ3) is 4.51. The molecule has 2 aliphatic carbocycles. The van der Waals surface area contributed by atoms with Crippen LogP contribution in [0.1, 0.15) is 43.0 Å². The largest absolute Gasteiger partial charge is 0.347 e. The number of fused-ring (bicyclic) bond motifs is 3. The van der Waals surface area contributed by atoms with Crippen LogP contribution in [-0.2, 0) is 41.5 Å². The fraction of sp³-hybridized carbons (Fsp3) is 0.483. The van der Waals surface area contributed by atoms with E-state index in [4.69, 9.17) is 14.6 Å². The topological polar surface area (TPSA) is 120 Å². The molecule has 6 rings (SSSR count). The van der Waals surface area contributed by atoms with Crippen molar-refractivity contribution in [1.82, 2.24) is 13.5 Å². The molecule has 2 aromatic carbocycles. The average molecular weight is 601 g/mol. The van der Waals surface area contributed by atoms with E-state index in [-0.39, 0.29) is 11.8 Å². The fourth-order valence-corrected chi connectivity index (χ4v) is 8.76. The Bertz CT molecular complexity index is 1660. The zero-order chi connectivity index (χ0) is 29.2. The van der Waals surface area contributed by atoms with Crippen molar-refractivity contribution >= 4 is 25.9 Å². The van der Waals surface area contributed by atoms with Gasteiger partial charge in [-0.25, -0.2) is 8.42 Å². The summed E-state index contributed by atoms with van der Waals surface area (Å²) in [6.45, 7) is 3.34. The van der Waals surface area contributed by atoms with Gasteiger partial charge < -0.3 is 9.47 Å². The average Bonchev–Trinajstić information content (AvgIpc) is 3.57. The number of benzene rings is 2. The van der Waals surface area contributed by atoms with E-state index in [1.54, 1.807) is 24.3 Å². The number of ether oxygens (including phenoxy) is 2. The Balaban J connectivity index is 1.58. The van der Waals surface area contributed by atoms with E-state index in [0.717, 1.165) is 29.5 Å². The van der Waals surface area contributed by atoms with Gasteiger partial charge in [0.25, 0.3) is 0 Å². The lowest BCUT2D eigenvalue weighted by molar-refractivity contribution is -0.232. The minimum absolute atomic E-state index is 0.0625. The molecule has 0 bridgehead atoms. The Morgan fingerprint density at radius 3 is 2.24 bits per heavy atom. The molecule has 12 heteroatoms. The highest BCUT2D eigenvalue weighted by molar-refractivity contribution is 7.92. The van der Waals surface area contributed by atoms with Crippen molar-refractivity contribution in [3.05, 3.63) is 71.4 Å². The molecule has 1 aliphatic heterocycles. The minimum Gasteiger partial charge on any atom is -0.347 e. The van der Waals surface area contributed by atoms with Gasteiger partial charge in [-0.1, -0.05) is 49.4 Å². The van der Waals surface area contributed by atoms with Gasteiger partial charge in [-0.3, -0.25) is 4.72 Å². The van der Waals surface area contributed by atoms with Gasteiger partial charge in [0.1, 0.15) is 0 Å². The second kappa shape index (κ2) is 9.91. The maximum absolute atomic E-state index is 13.8. The van der Waals surface area contributed by atoms with Crippen molar-refractivity contribution in [2.75, 3.05) is 38.3 Å². The summed E-state index contributed by atoms with van der Waals surface area (Å²) in [4.78, 5) is 0. The van der Waals surface area contributed by atoms with Gasteiger partial charge in [0.2, 0.25) is 10.0 Å². The van der Waals surface area contributed by atoms with Crippen LogP contribution in [0.4, 0.5) is 5.69 Å². The summed E-state index contributed by atoms with van der Waals surface area (Å²) in [5, 5.41) is 4.98. The Morgan fingerprint density at radius 2 is 1.63 bits per heavy atom. The Morgan fingerprint density at radius 1 is 0.976 bits per heavy atom. The first-order valence-corrected chi connectivity index (χ1v) is 17.1. The first-order chi connectivity index (χ1) is 19.4. The fourth-order valence-electron chi connectivity index (χ4n) is 7.26. The van der Waals surface area contributed by atoms with E-state index in [1.165, 1.54) is 22.5 Å². The Labute approximate surface area is 241 Å². The third-order valence-electron chi connectivity index (χ3n) is 9.09. The zero-order valence-electron chi connectivity index (χ0n) is 23.7. The number of nitrogens with one attached hydrogen (secondary N) is 1. The molecule has 2 heterocycles. The van der Waals surface area contributed by atoms with Crippen LogP contribution in [0.5, 0.6) is 0 Å². The summed E-state index contributed by atoms with van der Waals surface area (Å²) in [7, 11) is -4.46. The van der Waals surface area contributed by atoms with Crippen molar-refractivity contribution in [2.45, 2.75) is 43.8 Å². The van der Waals surface area contributed by atoms with Crippen molar-refractivity contribution < 1.29 is 26.3 Å². The van der Waals surface area contributed by atoms with Crippen LogP contribution in [0.3, 0.4) is 0 Å². The summed E-state index contributed by atoms with van der Waals surface area (Å²) in [6, 6.07) is 17.0. The zero-order valence-corrected chi connectivity index (χ0v) is 25.3. The molecule has 3 aliphatic rings. The highest BCUT2D eigenvalue weighted by Gasteiger charge is 2.61. The molecule has 10 nitrogen and oxygen atoms in total. The lowest BCUT2D eigenvalue weighted by atomic mass is 9.52. The summed E-state index contributed by atoms with van der Waals surface area (Å²) >= 11 is 0. The Kier molecular flexibility index (Phi) is 6.85. The molecule has 1 spiro atoms. The predicted molar refractivity (Wildman–Crippen MR) is 156 cm³/mol. The molecule has 3 aromatic rings. The summed E-state index contributed by atoms with van der Waals surface area (Å²) in [5.74, 6) is -0.458. The van der Waals surface area contributed by atoms with Gasteiger partial charge in [-0.15, -0.1) is 4.09 Å². The molecule has 1 saturated carbocycles. The molecule has 1 N–H and O–H groups in total. The molecular formula is C29H36N4O6S2. The predicted octanol–water partition coefficient (Wildman–Crippen LogP) is 3.60. The van der Waals surface area contributed by atoms with Gasteiger partial charge in [0.15, 0.2) is 5.79 Å². The molecule has 1 saturated heterocycles. The Hall–Kier alpha value is -2.77. The molecule has 3 atom stereocenters. The second-order valence-electron chi connectivity index (χ2n) is 11.5. The molecule has 0 amide bonds. The van der Waals surface area contributed by atoms with E-state index in [0.29, 0.717) is 49.4 Å².